The molecule has 2 heterocycles. The van der Waals surface area contributed by atoms with Crippen LogP contribution in [0.3, 0.4) is 0 Å². The highest BCUT2D eigenvalue weighted by Crippen LogP contribution is 2.28. The molecule has 0 unspecified atom stereocenters. The predicted molar refractivity (Wildman–Crippen MR) is 128 cm³/mol. The van der Waals surface area contributed by atoms with Crippen molar-refractivity contribution in [2.45, 2.75) is 26.7 Å². The minimum atomic E-state index is -0.420. The number of ketones is 1. The molecule has 0 aliphatic rings. The van der Waals surface area contributed by atoms with Crippen molar-refractivity contribution in [3.8, 4) is 5.69 Å². The number of rotatable bonds is 7. The molecule has 0 aliphatic carbocycles. The number of nitrogens with zero attached hydrogens (tertiary/aromatic N) is 2. The molecular formula is C24H20Cl2N2O3S. The highest BCUT2D eigenvalue weighted by Gasteiger charge is 2.19. The number of hydrogen-bond donors (Lipinski definition) is 0. The fourth-order valence-corrected chi connectivity index (χ4v) is 4.86. The quantitative estimate of drug-likeness (QED) is 0.225. The zero-order valence-corrected chi connectivity index (χ0v) is 19.9. The summed E-state index contributed by atoms with van der Waals surface area (Å²) in [6.07, 6.45) is 0.660. The Morgan fingerprint density at radius 1 is 1.06 bits per heavy atom. The van der Waals surface area contributed by atoms with Crippen molar-refractivity contribution in [3.05, 3.63) is 80.5 Å². The molecule has 0 amide bonds. The molecule has 0 aliphatic heterocycles. The first-order valence-corrected chi connectivity index (χ1v) is 11.6. The van der Waals surface area contributed by atoms with Gasteiger partial charge in [0.05, 0.1) is 31.7 Å². The standard InChI is InChI=1S/C24H20Cl2N2O3S/c1-14-11-17(15(2)28(14)16-7-8-18(25)19(26)12-16)21(29)13-31-24(30)10-9-23-27-20-5-3-4-6-22(20)32-23/h3-8,11-12H,9-10,13H2,1-2H3. The van der Waals surface area contributed by atoms with Crippen molar-refractivity contribution in [2.24, 2.45) is 0 Å². The first kappa shape index (κ1) is 22.5. The molecule has 4 rings (SSSR count). The van der Waals surface area contributed by atoms with Crippen molar-refractivity contribution >= 4 is 56.5 Å². The topological polar surface area (TPSA) is 61.2 Å². The van der Waals surface area contributed by atoms with E-state index >= 15 is 0 Å². The molecule has 0 spiro atoms. The van der Waals surface area contributed by atoms with E-state index in [1.54, 1.807) is 29.5 Å². The first-order chi connectivity index (χ1) is 15.3. The molecule has 0 radical (unpaired) electrons. The molecule has 2 aromatic carbocycles. The largest absolute Gasteiger partial charge is 0.457 e. The molecule has 0 saturated heterocycles. The molecule has 0 fully saturated rings. The smallest absolute Gasteiger partial charge is 0.306 e. The Balaban J connectivity index is 1.38. The summed E-state index contributed by atoms with van der Waals surface area (Å²) in [6, 6.07) is 14.9. The third kappa shape index (κ3) is 4.72. The third-order valence-electron chi connectivity index (χ3n) is 5.14. The fourth-order valence-electron chi connectivity index (χ4n) is 3.60. The maximum atomic E-state index is 12.7. The van der Waals surface area contributed by atoms with Crippen molar-refractivity contribution in [3.63, 3.8) is 0 Å². The summed E-state index contributed by atoms with van der Waals surface area (Å²) in [4.78, 5) is 29.4. The average molecular weight is 487 g/mol. The molecule has 4 aromatic rings. The summed E-state index contributed by atoms with van der Waals surface area (Å²) < 4.78 is 8.25. The number of fused-ring (bicyclic) bond motifs is 1. The number of aryl methyl sites for hydroxylation is 2. The van der Waals surface area contributed by atoms with Gasteiger partial charge in [-0.1, -0.05) is 35.3 Å². The van der Waals surface area contributed by atoms with Crippen LogP contribution in [0, 0.1) is 13.8 Å². The lowest BCUT2D eigenvalue weighted by molar-refractivity contribution is -0.142. The Morgan fingerprint density at radius 3 is 2.59 bits per heavy atom. The molecule has 8 heteroatoms. The molecule has 2 aromatic heterocycles. The lowest BCUT2D eigenvalue weighted by Crippen LogP contribution is -2.15. The summed E-state index contributed by atoms with van der Waals surface area (Å²) in [6.45, 7) is 3.44. The lowest BCUT2D eigenvalue weighted by atomic mass is 10.1. The monoisotopic (exact) mass is 486 g/mol. The summed E-state index contributed by atoms with van der Waals surface area (Å²) in [5.41, 5.74) is 3.85. The first-order valence-electron chi connectivity index (χ1n) is 10.0. The Labute approximate surface area is 199 Å². The molecular weight excluding hydrogens is 467 g/mol. The van der Waals surface area contributed by atoms with Crippen molar-refractivity contribution in [2.75, 3.05) is 6.61 Å². The summed E-state index contributed by atoms with van der Waals surface area (Å²) in [7, 11) is 0. The summed E-state index contributed by atoms with van der Waals surface area (Å²) in [5, 5.41) is 1.78. The van der Waals surface area contributed by atoms with Gasteiger partial charge in [0.25, 0.3) is 0 Å². The van der Waals surface area contributed by atoms with Crippen LogP contribution in [-0.2, 0) is 16.0 Å². The highest BCUT2D eigenvalue weighted by molar-refractivity contribution is 7.18. The van der Waals surface area contributed by atoms with Gasteiger partial charge in [-0.05, 0) is 50.2 Å². The molecule has 0 atom stereocenters. The SMILES string of the molecule is Cc1cc(C(=O)COC(=O)CCc2nc3ccccc3s2)c(C)n1-c1ccc(Cl)c(Cl)c1. The fraction of sp³-hybridized carbons (Fsp3) is 0.208. The van der Waals surface area contributed by atoms with Gasteiger partial charge in [0.15, 0.2) is 6.61 Å². The zero-order valence-electron chi connectivity index (χ0n) is 17.5. The number of para-hydroxylation sites is 1. The minimum absolute atomic E-state index is 0.176. The van der Waals surface area contributed by atoms with Crippen LogP contribution in [0.25, 0.3) is 15.9 Å². The predicted octanol–water partition coefficient (Wildman–Crippen LogP) is 6.37. The van der Waals surface area contributed by atoms with Gasteiger partial charge in [-0.15, -0.1) is 11.3 Å². The second-order valence-corrected chi connectivity index (χ2v) is 9.31. The normalized spacial score (nSPS) is 11.1. The maximum absolute atomic E-state index is 12.7. The number of carbonyl (C=O) groups is 2. The van der Waals surface area contributed by atoms with Gasteiger partial charge in [0.1, 0.15) is 0 Å². The Morgan fingerprint density at radius 2 is 1.84 bits per heavy atom. The van der Waals surface area contributed by atoms with Crippen LogP contribution >= 0.6 is 34.5 Å². The zero-order chi connectivity index (χ0) is 22.8. The van der Waals surface area contributed by atoms with Crippen LogP contribution < -0.4 is 0 Å². The number of Topliss-reactive ketones (excluding diaryl/α,β-unsaturated/α-hetero) is 1. The second kappa shape index (κ2) is 9.45. The van der Waals surface area contributed by atoms with E-state index in [-0.39, 0.29) is 18.8 Å². The number of carbonyl (C=O) groups excluding carboxylic acids is 2. The van der Waals surface area contributed by atoms with Crippen LogP contribution in [0.5, 0.6) is 0 Å². The second-order valence-electron chi connectivity index (χ2n) is 7.38. The van der Waals surface area contributed by atoms with Crippen LogP contribution in [0.1, 0.15) is 33.2 Å². The average Bonchev–Trinajstić information content (AvgIpc) is 3.32. The molecule has 0 N–H and O–H groups in total. The van der Waals surface area contributed by atoms with Gasteiger partial charge in [0.2, 0.25) is 5.78 Å². The summed E-state index contributed by atoms with van der Waals surface area (Å²) in [5.74, 6) is -0.673. The van der Waals surface area contributed by atoms with E-state index in [2.05, 4.69) is 4.98 Å². The number of esters is 1. The van der Waals surface area contributed by atoms with Crippen LogP contribution in [0.4, 0.5) is 0 Å². The van der Waals surface area contributed by atoms with Gasteiger partial charge >= 0.3 is 5.97 Å². The van der Waals surface area contributed by atoms with Crippen molar-refractivity contribution in [1.82, 2.24) is 9.55 Å². The number of halogens is 2. The van der Waals surface area contributed by atoms with E-state index in [1.165, 1.54) is 0 Å². The Hall–Kier alpha value is -2.67. The van der Waals surface area contributed by atoms with Crippen LogP contribution in [0.15, 0.2) is 48.5 Å². The molecule has 0 bridgehead atoms. The van der Waals surface area contributed by atoms with E-state index < -0.39 is 5.97 Å². The summed E-state index contributed by atoms with van der Waals surface area (Å²) >= 11 is 13.7. The number of hydrogen-bond acceptors (Lipinski definition) is 5. The Bertz CT molecular complexity index is 1290. The molecule has 32 heavy (non-hydrogen) atoms. The van der Waals surface area contributed by atoms with E-state index in [4.69, 9.17) is 27.9 Å². The van der Waals surface area contributed by atoms with Gasteiger partial charge in [-0.3, -0.25) is 9.59 Å². The van der Waals surface area contributed by atoms with E-state index in [0.29, 0.717) is 22.0 Å². The third-order valence-corrected chi connectivity index (χ3v) is 6.97. The number of thiazole rings is 1. The van der Waals surface area contributed by atoms with Gasteiger partial charge in [-0.25, -0.2) is 4.98 Å². The van der Waals surface area contributed by atoms with Gasteiger partial charge in [-0.2, -0.15) is 0 Å². The van der Waals surface area contributed by atoms with E-state index in [1.807, 2.05) is 48.7 Å². The minimum Gasteiger partial charge on any atom is -0.457 e. The van der Waals surface area contributed by atoms with Gasteiger partial charge in [0, 0.05) is 29.1 Å². The number of ether oxygens (including phenoxy) is 1. The van der Waals surface area contributed by atoms with Gasteiger partial charge < -0.3 is 9.30 Å². The maximum Gasteiger partial charge on any atom is 0.306 e. The van der Waals surface area contributed by atoms with Crippen LogP contribution in [0.2, 0.25) is 10.0 Å². The molecule has 0 saturated carbocycles. The molecule has 5 nitrogen and oxygen atoms in total. The number of benzene rings is 2. The lowest BCUT2D eigenvalue weighted by Gasteiger charge is -2.11. The highest BCUT2D eigenvalue weighted by atomic mass is 35.5. The van der Waals surface area contributed by atoms with Crippen molar-refractivity contribution in [1.29, 1.82) is 0 Å². The Kier molecular flexibility index (Phi) is 6.65. The number of aromatic nitrogens is 2. The van der Waals surface area contributed by atoms with E-state index in [0.717, 1.165) is 32.3 Å². The molecule has 164 valence electrons. The van der Waals surface area contributed by atoms with Crippen LogP contribution in [-0.4, -0.2) is 27.9 Å². The van der Waals surface area contributed by atoms with E-state index in [9.17, 15) is 9.59 Å². The van der Waals surface area contributed by atoms with Crippen molar-refractivity contribution < 1.29 is 14.3 Å².